The van der Waals surface area contributed by atoms with Gasteiger partial charge in [-0.25, -0.2) is 4.98 Å². The molecule has 0 spiro atoms. The van der Waals surface area contributed by atoms with Gasteiger partial charge in [-0.3, -0.25) is 0 Å². The molecule has 0 radical (unpaired) electrons. The lowest BCUT2D eigenvalue weighted by Crippen LogP contribution is -1.99. The summed E-state index contributed by atoms with van der Waals surface area (Å²) in [5.41, 5.74) is 1.41. The van der Waals surface area contributed by atoms with Crippen LogP contribution in [0.25, 0.3) is 0 Å². The molecule has 84 valence electrons. The Labute approximate surface area is 106 Å². The van der Waals surface area contributed by atoms with Crippen LogP contribution >= 0.6 is 28.6 Å². The number of hydrogen-bond acceptors (Lipinski definition) is 3. The summed E-state index contributed by atoms with van der Waals surface area (Å²) in [6.45, 7) is 7.90. The van der Waals surface area contributed by atoms with Gasteiger partial charge in [0.15, 0.2) is 0 Å². The Morgan fingerprint density at radius 2 is 1.87 bits per heavy atom. The summed E-state index contributed by atoms with van der Waals surface area (Å²) in [6, 6.07) is 3.69. The van der Waals surface area contributed by atoms with Crippen LogP contribution in [0.3, 0.4) is 0 Å². The van der Waals surface area contributed by atoms with E-state index in [2.05, 4.69) is 54.3 Å². The zero-order valence-electron chi connectivity index (χ0n) is 9.50. The Kier molecular flexibility index (Phi) is 6.13. The quantitative estimate of drug-likeness (QED) is 0.458. The fourth-order valence-electron chi connectivity index (χ4n) is 0.598. The van der Waals surface area contributed by atoms with E-state index in [1.807, 2.05) is 12.1 Å². The van der Waals surface area contributed by atoms with E-state index in [9.17, 15) is 0 Å². The molecule has 1 aromatic rings. The minimum atomic E-state index is 0.194. The standard InChI is InChI=1S/C7H7BrN2.C4H10S/c1-5(9)6-2-3-7(8)10-4-6;1-4(2,3)5/h2-4,9H,1H3;5H,1-3H3. The SMILES string of the molecule is CC(=N)c1ccc(Br)nc1.CC(C)(C)S. The zero-order chi connectivity index (χ0) is 12.1. The van der Waals surface area contributed by atoms with Crippen molar-refractivity contribution in [2.24, 2.45) is 0 Å². The second-order valence-electron chi connectivity index (χ2n) is 4.17. The van der Waals surface area contributed by atoms with Crippen LogP contribution in [0.1, 0.15) is 33.3 Å². The lowest BCUT2D eigenvalue weighted by Gasteiger charge is -2.04. The highest BCUT2D eigenvalue weighted by atomic mass is 79.9. The molecule has 15 heavy (non-hydrogen) atoms. The molecule has 0 saturated heterocycles. The van der Waals surface area contributed by atoms with E-state index >= 15 is 0 Å². The van der Waals surface area contributed by atoms with Gasteiger partial charge >= 0.3 is 0 Å². The summed E-state index contributed by atoms with van der Waals surface area (Å²) in [5.74, 6) is 0. The van der Waals surface area contributed by atoms with Crippen molar-refractivity contribution in [2.75, 3.05) is 0 Å². The summed E-state index contributed by atoms with van der Waals surface area (Å²) in [6.07, 6.45) is 1.67. The molecule has 0 aliphatic rings. The first-order chi connectivity index (χ1) is 6.70. The van der Waals surface area contributed by atoms with Gasteiger partial charge in [0.1, 0.15) is 4.60 Å². The first-order valence-corrected chi connectivity index (χ1v) is 5.83. The molecule has 0 amide bonds. The third-order valence-electron chi connectivity index (χ3n) is 1.16. The maximum absolute atomic E-state index is 7.25. The lowest BCUT2D eigenvalue weighted by molar-refractivity contribution is 0.812. The van der Waals surface area contributed by atoms with Gasteiger partial charge in [0, 0.05) is 22.2 Å². The van der Waals surface area contributed by atoms with Crippen LogP contribution in [-0.2, 0) is 0 Å². The molecule has 1 aromatic heterocycles. The molecular formula is C11H17BrN2S. The summed E-state index contributed by atoms with van der Waals surface area (Å²) >= 11 is 7.34. The fourth-order valence-corrected chi connectivity index (χ4v) is 0.832. The van der Waals surface area contributed by atoms with E-state index in [-0.39, 0.29) is 4.75 Å². The smallest absolute Gasteiger partial charge is 0.106 e. The van der Waals surface area contributed by atoms with Gasteiger partial charge in [0.2, 0.25) is 0 Å². The van der Waals surface area contributed by atoms with Crippen LogP contribution in [0.4, 0.5) is 0 Å². The van der Waals surface area contributed by atoms with Gasteiger partial charge in [-0.2, -0.15) is 12.6 Å². The first kappa shape index (κ1) is 14.6. The van der Waals surface area contributed by atoms with Crippen LogP contribution in [-0.4, -0.2) is 15.4 Å². The number of aromatic nitrogens is 1. The molecular weight excluding hydrogens is 272 g/mol. The van der Waals surface area contributed by atoms with E-state index in [1.165, 1.54) is 0 Å². The van der Waals surface area contributed by atoms with Crippen LogP contribution in [0.5, 0.6) is 0 Å². The van der Waals surface area contributed by atoms with Crippen molar-refractivity contribution >= 4 is 34.3 Å². The molecule has 0 bridgehead atoms. The Morgan fingerprint density at radius 3 is 2.13 bits per heavy atom. The normalized spacial score (nSPS) is 10.3. The predicted octanol–water partition coefficient (Wildman–Crippen LogP) is 3.95. The maximum Gasteiger partial charge on any atom is 0.106 e. The monoisotopic (exact) mass is 288 g/mol. The summed E-state index contributed by atoms with van der Waals surface area (Å²) < 4.78 is 0.998. The van der Waals surface area contributed by atoms with Crippen molar-refractivity contribution in [1.29, 1.82) is 5.41 Å². The Balaban J connectivity index is 0.000000336. The number of nitrogens with one attached hydrogen (secondary N) is 1. The number of nitrogens with zero attached hydrogens (tertiary/aromatic N) is 1. The molecule has 0 aromatic carbocycles. The van der Waals surface area contributed by atoms with Gasteiger partial charge in [-0.1, -0.05) is 20.8 Å². The zero-order valence-corrected chi connectivity index (χ0v) is 12.0. The molecule has 2 nitrogen and oxygen atoms in total. The number of pyridine rings is 1. The highest BCUT2D eigenvalue weighted by Crippen LogP contribution is 2.07. The average Bonchev–Trinajstić information content (AvgIpc) is 2.01. The largest absolute Gasteiger partial charge is 0.305 e. The first-order valence-electron chi connectivity index (χ1n) is 4.59. The van der Waals surface area contributed by atoms with Crippen molar-refractivity contribution in [3.8, 4) is 0 Å². The van der Waals surface area contributed by atoms with E-state index in [4.69, 9.17) is 5.41 Å². The fraction of sp³-hybridized carbons (Fsp3) is 0.455. The van der Waals surface area contributed by atoms with Crippen LogP contribution in [0.2, 0.25) is 0 Å². The van der Waals surface area contributed by atoms with Crippen LogP contribution in [0.15, 0.2) is 22.9 Å². The van der Waals surface area contributed by atoms with Crippen molar-refractivity contribution in [1.82, 2.24) is 4.98 Å². The maximum atomic E-state index is 7.25. The molecule has 0 aliphatic carbocycles. The van der Waals surface area contributed by atoms with E-state index in [0.29, 0.717) is 5.71 Å². The van der Waals surface area contributed by atoms with Crippen molar-refractivity contribution in [3.63, 3.8) is 0 Å². The minimum absolute atomic E-state index is 0.194. The Hall–Kier alpha value is -0.350. The van der Waals surface area contributed by atoms with Crippen molar-refractivity contribution in [2.45, 2.75) is 32.4 Å². The number of halogens is 1. The summed E-state index contributed by atoms with van der Waals surface area (Å²) in [7, 11) is 0. The molecule has 0 aliphatic heterocycles. The van der Waals surface area contributed by atoms with Crippen molar-refractivity contribution in [3.05, 3.63) is 28.5 Å². The van der Waals surface area contributed by atoms with E-state index in [1.54, 1.807) is 13.1 Å². The van der Waals surface area contributed by atoms with E-state index < -0.39 is 0 Å². The molecule has 1 rings (SSSR count). The number of rotatable bonds is 1. The highest BCUT2D eigenvalue weighted by Gasteiger charge is 1.97. The molecule has 0 atom stereocenters. The van der Waals surface area contributed by atoms with Gasteiger partial charge in [-0.05, 0) is 35.0 Å². The van der Waals surface area contributed by atoms with Gasteiger partial charge in [0.25, 0.3) is 0 Å². The highest BCUT2D eigenvalue weighted by molar-refractivity contribution is 9.10. The van der Waals surface area contributed by atoms with Gasteiger partial charge in [0.05, 0.1) is 0 Å². The van der Waals surface area contributed by atoms with E-state index in [0.717, 1.165) is 10.2 Å². The third-order valence-corrected chi connectivity index (χ3v) is 1.63. The Morgan fingerprint density at radius 1 is 1.40 bits per heavy atom. The summed E-state index contributed by atoms with van der Waals surface area (Å²) in [5, 5.41) is 7.25. The van der Waals surface area contributed by atoms with Crippen LogP contribution in [0, 0.1) is 5.41 Å². The average molecular weight is 289 g/mol. The second kappa shape index (κ2) is 6.28. The molecule has 0 unspecified atom stereocenters. The van der Waals surface area contributed by atoms with Crippen molar-refractivity contribution < 1.29 is 0 Å². The topological polar surface area (TPSA) is 36.7 Å². The van der Waals surface area contributed by atoms with Gasteiger partial charge < -0.3 is 5.41 Å². The molecule has 0 fully saturated rings. The molecule has 1 N–H and O–H groups in total. The molecule has 4 heteroatoms. The predicted molar refractivity (Wildman–Crippen MR) is 73.2 cm³/mol. The summed E-state index contributed by atoms with van der Waals surface area (Å²) in [4.78, 5) is 3.98. The molecule has 0 saturated carbocycles. The number of hydrogen-bond donors (Lipinski definition) is 2. The van der Waals surface area contributed by atoms with Crippen LogP contribution < -0.4 is 0 Å². The second-order valence-corrected chi connectivity index (χ2v) is 6.32. The minimum Gasteiger partial charge on any atom is -0.305 e. The number of thiol groups is 1. The Bertz CT molecular complexity index is 308. The van der Waals surface area contributed by atoms with Gasteiger partial charge in [-0.15, -0.1) is 0 Å². The third kappa shape index (κ3) is 9.94. The lowest BCUT2D eigenvalue weighted by atomic mass is 10.2. The molecule has 1 heterocycles.